The Balaban J connectivity index is 0.00000306. The molecular weight excluding hydrogens is 471 g/mol. The maximum Gasteiger partial charge on any atom is 0.119 e. The van der Waals surface area contributed by atoms with Crippen molar-refractivity contribution in [3.63, 3.8) is 0 Å². The molecule has 0 spiro atoms. The molecule has 4 aromatic carbocycles. The van der Waals surface area contributed by atoms with Gasteiger partial charge in [0.25, 0.3) is 0 Å². The Labute approximate surface area is 205 Å². The van der Waals surface area contributed by atoms with Gasteiger partial charge in [0.15, 0.2) is 0 Å². The van der Waals surface area contributed by atoms with E-state index in [0.717, 1.165) is 0 Å². The molecule has 1 unspecified atom stereocenters. The summed E-state index contributed by atoms with van der Waals surface area (Å²) < 4.78 is 10.3. The first kappa shape index (κ1) is 22.7. The number of rotatable bonds is 7. The molecule has 4 rings (SSSR count). The van der Waals surface area contributed by atoms with Gasteiger partial charge in [0.2, 0.25) is 0 Å². The second-order valence-electron chi connectivity index (χ2n) is 8.05. The second-order valence-corrected chi connectivity index (χ2v) is 11.5. The summed E-state index contributed by atoms with van der Waals surface area (Å²) in [7, 11) is -2.40. The lowest BCUT2D eigenvalue weighted by atomic mass is 10.1. The third-order valence-corrected chi connectivity index (χ3v) is 9.91. The van der Waals surface area contributed by atoms with Crippen molar-refractivity contribution in [2.75, 3.05) is 0 Å². The Morgan fingerprint density at radius 3 is 1.34 bits per heavy atom. The van der Waals surface area contributed by atoms with Crippen molar-refractivity contribution in [1.82, 2.24) is 0 Å². The van der Waals surface area contributed by atoms with Crippen molar-refractivity contribution < 1.29 is 18.4 Å². The van der Waals surface area contributed by atoms with Gasteiger partial charge in [0.1, 0.15) is 28.8 Å². The Hall–Kier alpha value is -2.47. The lowest BCUT2D eigenvalue weighted by Gasteiger charge is -2.34. The SMILES string of the molecule is [2H]C(C=C(C)C)(Cc1ccccc1)[P+](c1ccccc1)(c1ccccc1)c1ccccc1.[Br-]. The molecular formula is C30H30BrP. The molecule has 162 valence electrons. The van der Waals surface area contributed by atoms with Crippen LogP contribution < -0.4 is 32.9 Å². The zero-order chi connectivity index (χ0) is 22.4. The quantitative estimate of drug-likeness (QED) is 0.268. The minimum atomic E-state index is -2.40. The van der Waals surface area contributed by atoms with Crippen LogP contribution in [0.15, 0.2) is 133 Å². The lowest BCUT2D eigenvalue weighted by molar-refractivity contribution is -0.00000617. The molecule has 2 heteroatoms. The predicted octanol–water partition coefficient (Wildman–Crippen LogP) is 3.56. The molecule has 0 N–H and O–H groups in total. The lowest BCUT2D eigenvalue weighted by Crippen LogP contribution is -3.00. The molecule has 1 atom stereocenters. The first-order chi connectivity index (χ1) is 15.6. The monoisotopic (exact) mass is 501 g/mol. The van der Waals surface area contributed by atoms with Crippen LogP contribution in [0.5, 0.6) is 0 Å². The highest BCUT2D eigenvalue weighted by molar-refractivity contribution is 7.96. The van der Waals surface area contributed by atoms with Gasteiger partial charge >= 0.3 is 0 Å². The van der Waals surface area contributed by atoms with Crippen molar-refractivity contribution in [1.29, 1.82) is 0 Å². The van der Waals surface area contributed by atoms with E-state index >= 15 is 0 Å². The summed E-state index contributed by atoms with van der Waals surface area (Å²) in [6, 6.07) is 42.7. The van der Waals surface area contributed by atoms with E-state index in [4.69, 9.17) is 0 Å². The fraction of sp³-hybridized carbons (Fsp3) is 0.133. The minimum absolute atomic E-state index is 0. The molecule has 0 aliphatic heterocycles. The van der Waals surface area contributed by atoms with E-state index in [1.165, 1.54) is 27.1 Å². The molecule has 0 aliphatic rings. The first-order valence-electron chi connectivity index (χ1n) is 11.3. The predicted molar refractivity (Wildman–Crippen MR) is 139 cm³/mol. The van der Waals surface area contributed by atoms with Crippen LogP contribution in [0.3, 0.4) is 0 Å². The highest BCUT2D eigenvalue weighted by Gasteiger charge is 2.51. The Morgan fingerprint density at radius 1 is 0.656 bits per heavy atom. The Bertz CT molecular complexity index is 1060. The molecule has 0 aromatic heterocycles. The van der Waals surface area contributed by atoms with Gasteiger partial charge in [-0.1, -0.05) is 90.5 Å². The zero-order valence-electron chi connectivity index (χ0n) is 19.7. The van der Waals surface area contributed by atoms with Crippen LogP contribution >= 0.6 is 7.26 Å². The highest BCUT2D eigenvalue weighted by Crippen LogP contribution is 2.61. The van der Waals surface area contributed by atoms with E-state index in [0.29, 0.717) is 6.42 Å². The summed E-state index contributed by atoms with van der Waals surface area (Å²) in [4.78, 5) is 0. The summed E-state index contributed by atoms with van der Waals surface area (Å²) in [5.74, 6) is 0. The normalized spacial score (nSPS) is 13.2. The van der Waals surface area contributed by atoms with Gasteiger partial charge in [0, 0.05) is 6.42 Å². The van der Waals surface area contributed by atoms with Crippen LogP contribution in [0.1, 0.15) is 20.8 Å². The van der Waals surface area contributed by atoms with Gasteiger partial charge in [-0.3, -0.25) is 0 Å². The molecule has 0 bridgehead atoms. The summed E-state index contributed by atoms with van der Waals surface area (Å²) in [6.07, 6.45) is 2.85. The fourth-order valence-corrected chi connectivity index (χ4v) is 8.92. The summed E-state index contributed by atoms with van der Waals surface area (Å²) in [5, 5.41) is 3.71. The van der Waals surface area contributed by atoms with Gasteiger partial charge in [-0.05, 0) is 61.9 Å². The van der Waals surface area contributed by atoms with Gasteiger partial charge in [0.05, 0.1) is 1.37 Å². The summed E-state index contributed by atoms with van der Waals surface area (Å²) in [5.41, 5.74) is 1.51. The van der Waals surface area contributed by atoms with E-state index in [9.17, 15) is 1.37 Å². The Morgan fingerprint density at radius 2 is 1.00 bits per heavy atom. The van der Waals surface area contributed by atoms with Crippen molar-refractivity contribution in [2.45, 2.75) is 25.9 Å². The third-order valence-electron chi connectivity index (χ3n) is 5.54. The van der Waals surface area contributed by atoms with E-state index in [1.54, 1.807) is 0 Å². The van der Waals surface area contributed by atoms with Crippen LogP contribution in [0.25, 0.3) is 0 Å². The molecule has 4 aromatic rings. The standard InChI is InChI=1S/C30H30P.BrH/c1-25(2)23-30(24-26-15-7-3-8-16-26)31(27-17-9-4-10-18-27,28-19-11-5-12-20-28)29-21-13-6-14-22-29;/h3-23,30H,24H2,1-2H3;1H/q+1;/p-1/i30D;. The van der Waals surface area contributed by atoms with Crippen LogP contribution in [0.2, 0.25) is 0 Å². The van der Waals surface area contributed by atoms with Crippen molar-refractivity contribution >= 4 is 23.2 Å². The van der Waals surface area contributed by atoms with Crippen molar-refractivity contribution in [3.05, 3.63) is 139 Å². The first-order valence-corrected chi connectivity index (χ1v) is 12.6. The molecule has 32 heavy (non-hydrogen) atoms. The second kappa shape index (κ2) is 11.4. The van der Waals surface area contributed by atoms with Gasteiger partial charge in [-0.15, -0.1) is 0 Å². The average Bonchev–Trinajstić information content (AvgIpc) is 2.82. The molecule has 0 fully saturated rings. The molecule has 0 amide bonds. The summed E-state index contributed by atoms with van der Waals surface area (Å²) in [6.45, 7) is 4.23. The van der Waals surface area contributed by atoms with E-state index in [2.05, 4.69) is 135 Å². The minimum Gasteiger partial charge on any atom is -1.00 e. The van der Waals surface area contributed by atoms with E-state index in [1.807, 2.05) is 6.07 Å². The zero-order valence-corrected chi connectivity index (χ0v) is 21.1. The number of halogens is 1. The maximum atomic E-state index is 10.3. The molecule has 0 saturated heterocycles. The van der Waals surface area contributed by atoms with Gasteiger partial charge in [-0.2, -0.15) is 0 Å². The Kier molecular flexibility index (Phi) is 8.10. The molecule has 0 nitrogen and oxygen atoms in total. The molecule has 0 aliphatic carbocycles. The van der Waals surface area contributed by atoms with Crippen molar-refractivity contribution in [3.8, 4) is 0 Å². The smallest absolute Gasteiger partial charge is 0.119 e. The number of hydrogen-bond donors (Lipinski definition) is 0. The van der Waals surface area contributed by atoms with Crippen LogP contribution in [-0.4, -0.2) is 5.64 Å². The molecule has 0 saturated carbocycles. The molecule has 0 heterocycles. The number of allylic oxidation sites excluding steroid dienone is 2. The largest absolute Gasteiger partial charge is 1.00 e. The van der Waals surface area contributed by atoms with Crippen LogP contribution in [0, 0.1) is 0 Å². The summed E-state index contributed by atoms with van der Waals surface area (Å²) >= 11 is 0. The van der Waals surface area contributed by atoms with Crippen LogP contribution in [-0.2, 0) is 6.42 Å². The highest BCUT2D eigenvalue weighted by atomic mass is 79.9. The molecule has 0 radical (unpaired) electrons. The van der Waals surface area contributed by atoms with Gasteiger partial charge in [-0.25, -0.2) is 0 Å². The van der Waals surface area contributed by atoms with E-state index < -0.39 is 12.9 Å². The maximum absolute atomic E-state index is 10.3. The van der Waals surface area contributed by atoms with E-state index in [-0.39, 0.29) is 17.0 Å². The third kappa shape index (κ3) is 5.12. The number of hydrogen-bond acceptors (Lipinski definition) is 0. The van der Waals surface area contributed by atoms with Crippen molar-refractivity contribution in [2.24, 2.45) is 0 Å². The van der Waals surface area contributed by atoms with Gasteiger partial charge < -0.3 is 17.0 Å². The topological polar surface area (TPSA) is 0 Å². The number of benzene rings is 4. The average molecular weight is 502 g/mol. The van der Waals surface area contributed by atoms with Crippen LogP contribution in [0.4, 0.5) is 0 Å². The fourth-order valence-electron chi connectivity index (χ4n) is 4.30.